The molecule has 3 N–H and O–H groups in total. The molecular weight excluding hydrogens is 815 g/mol. The van der Waals surface area contributed by atoms with Gasteiger partial charge in [0, 0.05) is 62.7 Å². The summed E-state index contributed by atoms with van der Waals surface area (Å²) in [6.07, 6.45) is 5.48. The Kier molecular flexibility index (Phi) is 14.3. The Labute approximate surface area is 372 Å². The number of para-hydroxylation sites is 1. The van der Waals surface area contributed by atoms with Crippen LogP contribution in [0.3, 0.4) is 0 Å². The van der Waals surface area contributed by atoms with Gasteiger partial charge < -0.3 is 29.5 Å². The van der Waals surface area contributed by atoms with Crippen LogP contribution in [0.1, 0.15) is 53.9 Å². The zero-order valence-electron chi connectivity index (χ0n) is 36.8. The minimum absolute atomic E-state index is 0.0780. The predicted octanol–water partition coefficient (Wildman–Crippen LogP) is 3.76. The highest BCUT2D eigenvalue weighted by atomic mass is 16.5. The summed E-state index contributed by atoms with van der Waals surface area (Å²) in [6, 6.07) is 22.2. The van der Waals surface area contributed by atoms with Gasteiger partial charge in [0.1, 0.15) is 12.6 Å². The Balaban J connectivity index is 0.884. The predicted molar refractivity (Wildman–Crippen MR) is 242 cm³/mol. The summed E-state index contributed by atoms with van der Waals surface area (Å²) in [5.41, 5.74) is 4.72. The Morgan fingerprint density at radius 3 is 2.23 bits per heavy atom. The number of nitrogens with zero attached hydrogens (tertiary/aromatic N) is 6. The van der Waals surface area contributed by atoms with Gasteiger partial charge in [0.2, 0.25) is 5.91 Å². The average molecular weight is 874 g/mol. The monoisotopic (exact) mass is 873 g/mol. The van der Waals surface area contributed by atoms with Crippen LogP contribution in [0, 0.1) is 6.92 Å². The zero-order valence-corrected chi connectivity index (χ0v) is 36.8. The number of aryl methyl sites for hydroxylation is 1. The number of rotatable bonds is 14. The van der Waals surface area contributed by atoms with E-state index in [9.17, 15) is 24.0 Å². The molecule has 1 atom stereocenters. The van der Waals surface area contributed by atoms with E-state index in [1.807, 2.05) is 78.6 Å². The zero-order chi connectivity index (χ0) is 44.6. The summed E-state index contributed by atoms with van der Waals surface area (Å²) in [4.78, 5) is 76.0. The number of hydrogen-bond acceptors (Lipinski definition) is 11. The molecule has 3 fully saturated rings. The van der Waals surface area contributed by atoms with Gasteiger partial charge in [0.25, 0.3) is 5.56 Å². The number of pyridine rings is 1. The van der Waals surface area contributed by atoms with Crippen LogP contribution in [-0.2, 0) is 43.6 Å². The number of esters is 2. The molecule has 8 rings (SSSR count). The highest BCUT2D eigenvalue weighted by molar-refractivity contribution is 5.88. The van der Waals surface area contributed by atoms with Crippen LogP contribution in [0.2, 0.25) is 0 Å². The van der Waals surface area contributed by atoms with Crippen LogP contribution in [0.15, 0.2) is 83.8 Å². The van der Waals surface area contributed by atoms with E-state index in [2.05, 4.69) is 43.7 Å². The highest BCUT2D eigenvalue weighted by Crippen LogP contribution is 2.29. The number of aromatic amines is 1. The lowest BCUT2D eigenvalue weighted by Crippen LogP contribution is -2.59. The Morgan fingerprint density at radius 2 is 1.48 bits per heavy atom. The topological polar surface area (TPSA) is 174 Å². The fourth-order valence-corrected chi connectivity index (χ4v) is 9.40. The van der Waals surface area contributed by atoms with Crippen molar-refractivity contribution in [1.82, 2.24) is 45.0 Å². The maximum atomic E-state index is 14.4. The summed E-state index contributed by atoms with van der Waals surface area (Å²) in [6.45, 7) is 7.27. The molecule has 0 aliphatic carbocycles. The summed E-state index contributed by atoms with van der Waals surface area (Å²) in [5.74, 6) is -1.35. The normalized spacial score (nSPS) is 17.4. The molecule has 3 aromatic carbocycles. The number of piperidine rings is 2. The quantitative estimate of drug-likeness (QED) is 0.139. The van der Waals surface area contributed by atoms with Gasteiger partial charge in [0.15, 0.2) is 6.73 Å². The van der Waals surface area contributed by atoms with E-state index < -0.39 is 18.0 Å². The smallest absolute Gasteiger partial charge is 0.321 e. The number of carbonyl (C=O) groups is 4. The first kappa shape index (κ1) is 44.5. The number of ether oxygens (including phenoxy) is 2. The van der Waals surface area contributed by atoms with Gasteiger partial charge in [-0.05, 0) is 98.9 Å². The first-order valence-corrected chi connectivity index (χ1v) is 22.5. The largest absolute Gasteiger partial charge is 0.460 e. The van der Waals surface area contributed by atoms with Crippen molar-refractivity contribution in [2.45, 2.75) is 70.4 Å². The number of nitrogens with one attached hydrogen (secondary N) is 3. The maximum Gasteiger partial charge on any atom is 0.321 e. The van der Waals surface area contributed by atoms with Crippen molar-refractivity contribution in [2.75, 3.05) is 72.5 Å². The first-order chi connectivity index (χ1) is 31.1. The van der Waals surface area contributed by atoms with Gasteiger partial charge in [-0.1, -0.05) is 54.6 Å². The summed E-state index contributed by atoms with van der Waals surface area (Å²) < 4.78 is 12.2. The molecule has 2 aromatic heterocycles. The number of H-pyrrole nitrogens is 1. The van der Waals surface area contributed by atoms with Gasteiger partial charge in [0.05, 0.1) is 30.3 Å². The molecule has 338 valence electrons. The number of urea groups is 1. The van der Waals surface area contributed by atoms with Crippen molar-refractivity contribution >= 4 is 45.7 Å². The number of carbonyl (C=O) groups excluding carboxylic acids is 4. The van der Waals surface area contributed by atoms with E-state index in [4.69, 9.17) is 9.47 Å². The average Bonchev–Trinajstić information content (AvgIpc) is 3.80. The van der Waals surface area contributed by atoms with Crippen molar-refractivity contribution in [3.8, 4) is 0 Å². The third kappa shape index (κ3) is 10.8. The van der Waals surface area contributed by atoms with E-state index in [1.165, 1.54) is 4.57 Å². The van der Waals surface area contributed by atoms with Crippen LogP contribution < -0.4 is 16.2 Å². The van der Waals surface area contributed by atoms with Gasteiger partial charge >= 0.3 is 18.0 Å². The number of benzene rings is 3. The van der Waals surface area contributed by atoms with Gasteiger partial charge in [-0.15, -0.1) is 0 Å². The van der Waals surface area contributed by atoms with Crippen molar-refractivity contribution in [3.05, 3.63) is 112 Å². The summed E-state index contributed by atoms with van der Waals surface area (Å²) >= 11 is 0. The SMILES string of the molecule is Cc1cc(CC(NC(=O)N2CCC(c3cc4ccccc4n(COC(=O)CNCC(=O)OCc4ccccc4)c3=O)CC2)C(=O)N2CCN(C3CCN(C)CC3)CC2)cc2cn[nH]c12. The van der Waals surface area contributed by atoms with E-state index in [0.717, 1.165) is 72.0 Å². The number of piperazine rings is 1. The van der Waals surface area contributed by atoms with Gasteiger partial charge in [-0.3, -0.25) is 39.1 Å². The lowest BCUT2D eigenvalue weighted by molar-refractivity contribution is -0.147. The van der Waals surface area contributed by atoms with Crippen molar-refractivity contribution in [3.63, 3.8) is 0 Å². The first-order valence-electron chi connectivity index (χ1n) is 22.5. The third-order valence-electron chi connectivity index (χ3n) is 13.1. The molecule has 0 saturated carbocycles. The van der Waals surface area contributed by atoms with Crippen molar-refractivity contribution in [1.29, 1.82) is 0 Å². The number of likely N-dealkylation sites (tertiary alicyclic amines) is 2. The van der Waals surface area contributed by atoms with E-state index in [0.29, 0.717) is 62.6 Å². The maximum absolute atomic E-state index is 14.4. The van der Waals surface area contributed by atoms with Crippen LogP contribution >= 0.6 is 0 Å². The number of fused-ring (bicyclic) bond motifs is 2. The van der Waals surface area contributed by atoms with Gasteiger partial charge in [-0.2, -0.15) is 5.10 Å². The molecule has 3 aliphatic rings. The Morgan fingerprint density at radius 1 is 0.781 bits per heavy atom. The van der Waals surface area contributed by atoms with E-state index in [-0.39, 0.29) is 49.8 Å². The number of hydrogen-bond donors (Lipinski definition) is 3. The van der Waals surface area contributed by atoms with Crippen molar-refractivity contribution < 1.29 is 28.7 Å². The molecule has 0 spiro atoms. The van der Waals surface area contributed by atoms with E-state index in [1.54, 1.807) is 11.1 Å². The summed E-state index contributed by atoms with van der Waals surface area (Å²) in [7, 11) is 2.17. The molecular formula is C48H59N9O7. The summed E-state index contributed by atoms with van der Waals surface area (Å²) in [5, 5.41) is 14.9. The standard InChI is InChI=1S/C48H59N9O7/c1-33-24-35(25-38-28-50-52-45(33)38)26-41(47(61)55-22-20-54(21-23-55)39-14-16-53(2)17-15-39)51-48(62)56-18-12-36(13-19-56)40-27-37-10-6-7-11-42(37)57(46(40)60)32-64-44(59)30-49-29-43(58)63-31-34-8-4-3-5-9-34/h3-11,24-25,27-28,36,39,41,49H,12-23,26,29-32H2,1-2H3,(H,50,52)(H,51,62). The highest BCUT2D eigenvalue weighted by Gasteiger charge is 2.34. The second-order valence-corrected chi connectivity index (χ2v) is 17.4. The van der Waals surface area contributed by atoms with Crippen molar-refractivity contribution in [2.24, 2.45) is 0 Å². The molecule has 3 aliphatic heterocycles. The van der Waals surface area contributed by atoms with Crippen LogP contribution in [0.5, 0.6) is 0 Å². The third-order valence-corrected chi connectivity index (χ3v) is 13.1. The molecule has 3 amide bonds. The minimum atomic E-state index is -0.761. The molecule has 0 bridgehead atoms. The fourth-order valence-electron chi connectivity index (χ4n) is 9.40. The molecule has 5 heterocycles. The van der Waals surface area contributed by atoms with E-state index >= 15 is 0 Å². The number of aromatic nitrogens is 3. The molecule has 3 saturated heterocycles. The second-order valence-electron chi connectivity index (χ2n) is 17.4. The van der Waals surface area contributed by atoms with Gasteiger partial charge in [-0.25, -0.2) is 4.79 Å². The fraction of sp³-hybridized carbons (Fsp3) is 0.458. The minimum Gasteiger partial charge on any atom is -0.460 e. The molecule has 16 heteroatoms. The molecule has 1 unspecified atom stereocenters. The number of amides is 3. The lowest BCUT2D eigenvalue weighted by atomic mass is 9.89. The Hall–Kier alpha value is -6.10. The van der Waals surface area contributed by atoms with Crippen LogP contribution in [0.25, 0.3) is 21.8 Å². The molecule has 0 radical (unpaired) electrons. The van der Waals surface area contributed by atoms with Crippen LogP contribution in [-0.4, -0.2) is 143 Å². The van der Waals surface area contributed by atoms with Crippen LogP contribution in [0.4, 0.5) is 4.79 Å². The molecule has 16 nitrogen and oxygen atoms in total. The Bertz CT molecular complexity index is 2480. The molecule has 5 aromatic rings. The second kappa shape index (κ2) is 20.6. The molecule has 64 heavy (non-hydrogen) atoms. The lowest BCUT2D eigenvalue weighted by Gasteiger charge is -2.43.